The van der Waals surface area contributed by atoms with Gasteiger partial charge in [0.05, 0.1) is 11.9 Å². The molecule has 1 aliphatic rings. The Kier molecular flexibility index (Phi) is 12.6. The van der Waals surface area contributed by atoms with Crippen molar-refractivity contribution in [1.82, 2.24) is 15.4 Å². The molecule has 28 heavy (non-hydrogen) atoms. The van der Waals surface area contributed by atoms with Crippen LogP contribution in [0.3, 0.4) is 0 Å². The van der Waals surface area contributed by atoms with Gasteiger partial charge in [0.2, 0.25) is 10.0 Å². The van der Waals surface area contributed by atoms with E-state index in [0.29, 0.717) is 31.5 Å². The predicted molar refractivity (Wildman–Crippen MR) is 128 cm³/mol. The lowest BCUT2D eigenvalue weighted by Crippen LogP contribution is -2.42. The van der Waals surface area contributed by atoms with Crippen molar-refractivity contribution in [3.8, 4) is 0 Å². The molecule has 2 atom stereocenters. The van der Waals surface area contributed by atoms with Crippen LogP contribution >= 0.6 is 35.3 Å². The second-order valence-corrected chi connectivity index (χ2v) is 9.47. The third-order valence-corrected chi connectivity index (χ3v) is 6.50. The molecule has 0 aliphatic carbocycles. The molecular weight excluding hydrogens is 511 g/mol. The molecule has 1 aliphatic heterocycles. The largest absolute Gasteiger partial charge is 0.377 e. The Hall–Kier alpha value is -0.430. The normalized spacial score (nSPS) is 18.9. The topological polar surface area (TPSA) is 91.8 Å². The molecule has 7 nitrogen and oxygen atoms in total. The molecule has 0 radical (unpaired) electrons. The average Bonchev–Trinajstić information content (AvgIpc) is 3.20. The van der Waals surface area contributed by atoms with Crippen LogP contribution in [0, 0.1) is 0 Å². The Morgan fingerprint density at radius 2 is 2.21 bits per heavy atom. The van der Waals surface area contributed by atoms with Crippen molar-refractivity contribution in [3.63, 3.8) is 0 Å². The van der Waals surface area contributed by atoms with Crippen LogP contribution in [0.2, 0.25) is 0 Å². The first-order valence-corrected chi connectivity index (χ1v) is 12.2. The van der Waals surface area contributed by atoms with Gasteiger partial charge >= 0.3 is 0 Å². The van der Waals surface area contributed by atoms with E-state index in [0.717, 1.165) is 32.4 Å². The molecule has 0 saturated carbocycles. The second kappa shape index (κ2) is 13.7. The number of hydrogen-bond donors (Lipinski definition) is 3. The number of aliphatic imine (C=N–C) groups is 1. The van der Waals surface area contributed by atoms with Crippen LogP contribution in [0.15, 0.2) is 21.8 Å². The zero-order valence-corrected chi connectivity index (χ0v) is 20.6. The molecule has 0 amide bonds. The molecule has 0 aromatic carbocycles. The van der Waals surface area contributed by atoms with Crippen molar-refractivity contribution < 1.29 is 13.2 Å². The van der Waals surface area contributed by atoms with Gasteiger partial charge in [0.1, 0.15) is 0 Å². The summed E-state index contributed by atoms with van der Waals surface area (Å²) in [7, 11) is -3.33. The minimum Gasteiger partial charge on any atom is -0.377 e. The summed E-state index contributed by atoms with van der Waals surface area (Å²) in [5.74, 6) is 0.975. The van der Waals surface area contributed by atoms with E-state index in [1.165, 1.54) is 5.56 Å². The van der Waals surface area contributed by atoms with E-state index < -0.39 is 10.0 Å². The number of nitrogens with zero attached hydrogens (tertiary/aromatic N) is 1. The van der Waals surface area contributed by atoms with Crippen LogP contribution in [-0.2, 0) is 14.8 Å². The molecule has 3 N–H and O–H groups in total. The monoisotopic (exact) mass is 544 g/mol. The Labute approximate surface area is 190 Å². The standard InChI is InChI=1S/C18H32N4O3S2.HI/c1-3-19-18(21-12-15(2)16-7-10-26-14-16)20-8-11-27(23,24)22-13-17-6-4-5-9-25-17;/h7,10,14-15,17,22H,3-6,8-9,11-13H2,1-2H3,(H2,19,20,21);1H. The highest BCUT2D eigenvalue weighted by Gasteiger charge is 2.17. The fraction of sp³-hybridized carbons (Fsp3) is 0.722. The lowest BCUT2D eigenvalue weighted by atomic mass is 10.1. The Morgan fingerprint density at radius 3 is 2.86 bits per heavy atom. The molecule has 0 bridgehead atoms. The smallest absolute Gasteiger partial charge is 0.213 e. The van der Waals surface area contributed by atoms with Crippen molar-refractivity contribution in [2.75, 3.05) is 38.5 Å². The third kappa shape index (κ3) is 9.86. The predicted octanol–water partition coefficient (Wildman–Crippen LogP) is 2.51. The van der Waals surface area contributed by atoms with Crippen molar-refractivity contribution >= 4 is 51.3 Å². The summed E-state index contributed by atoms with van der Waals surface area (Å²) in [4.78, 5) is 4.57. The Morgan fingerprint density at radius 1 is 1.39 bits per heavy atom. The minimum absolute atomic E-state index is 0. The highest BCUT2D eigenvalue weighted by Crippen LogP contribution is 2.18. The minimum atomic E-state index is -3.33. The number of thiophene rings is 1. The van der Waals surface area contributed by atoms with Crippen molar-refractivity contribution in [2.24, 2.45) is 4.99 Å². The summed E-state index contributed by atoms with van der Waals surface area (Å²) in [6.45, 7) is 6.88. The van der Waals surface area contributed by atoms with Gasteiger partial charge in [-0.2, -0.15) is 11.3 Å². The van der Waals surface area contributed by atoms with Gasteiger partial charge < -0.3 is 15.4 Å². The molecule has 2 heterocycles. The van der Waals surface area contributed by atoms with Crippen LogP contribution < -0.4 is 15.4 Å². The molecule has 1 aromatic heterocycles. The van der Waals surface area contributed by atoms with Gasteiger partial charge in [-0.15, -0.1) is 24.0 Å². The molecular formula is C18H33IN4O3S2. The lowest BCUT2D eigenvalue weighted by Gasteiger charge is -2.22. The van der Waals surface area contributed by atoms with Crippen LogP contribution in [0.4, 0.5) is 0 Å². The number of guanidine groups is 1. The maximum Gasteiger partial charge on any atom is 0.213 e. The number of rotatable bonds is 10. The molecule has 10 heteroatoms. The van der Waals surface area contributed by atoms with Gasteiger partial charge in [-0.3, -0.25) is 4.99 Å². The van der Waals surface area contributed by atoms with E-state index >= 15 is 0 Å². The number of hydrogen-bond acceptors (Lipinski definition) is 5. The lowest BCUT2D eigenvalue weighted by molar-refractivity contribution is 0.0200. The van der Waals surface area contributed by atoms with E-state index in [4.69, 9.17) is 4.74 Å². The van der Waals surface area contributed by atoms with Crippen molar-refractivity contribution in [2.45, 2.75) is 45.1 Å². The summed E-state index contributed by atoms with van der Waals surface area (Å²) < 4.78 is 32.5. The molecule has 1 saturated heterocycles. The fourth-order valence-electron chi connectivity index (χ4n) is 2.80. The number of ether oxygens (including phenoxy) is 1. The molecule has 162 valence electrons. The summed E-state index contributed by atoms with van der Waals surface area (Å²) >= 11 is 1.68. The maximum absolute atomic E-state index is 12.2. The zero-order valence-electron chi connectivity index (χ0n) is 16.6. The number of sulfonamides is 1. The van der Waals surface area contributed by atoms with E-state index in [1.54, 1.807) is 11.3 Å². The number of halogens is 1. The van der Waals surface area contributed by atoms with E-state index in [2.05, 4.69) is 44.1 Å². The van der Waals surface area contributed by atoms with Crippen LogP contribution in [-0.4, -0.2) is 59.0 Å². The summed E-state index contributed by atoms with van der Waals surface area (Å²) in [6, 6.07) is 2.11. The average molecular weight is 545 g/mol. The summed E-state index contributed by atoms with van der Waals surface area (Å²) in [6.07, 6.45) is 3.07. The highest BCUT2D eigenvalue weighted by molar-refractivity contribution is 14.0. The Bertz CT molecular complexity index is 662. The van der Waals surface area contributed by atoms with Crippen LogP contribution in [0.25, 0.3) is 0 Å². The molecule has 0 spiro atoms. The van der Waals surface area contributed by atoms with Gasteiger partial charge in [0.15, 0.2) is 5.96 Å². The first-order valence-electron chi connectivity index (χ1n) is 9.63. The van der Waals surface area contributed by atoms with Gasteiger partial charge in [-0.25, -0.2) is 13.1 Å². The van der Waals surface area contributed by atoms with E-state index in [-0.39, 0.29) is 35.8 Å². The first kappa shape index (κ1) is 25.6. The maximum atomic E-state index is 12.2. The molecule has 2 rings (SSSR count). The fourth-order valence-corrected chi connectivity index (χ4v) is 4.53. The van der Waals surface area contributed by atoms with E-state index in [9.17, 15) is 8.42 Å². The van der Waals surface area contributed by atoms with E-state index in [1.807, 2.05) is 6.92 Å². The molecule has 1 fully saturated rings. The molecule has 1 aromatic rings. The zero-order chi connectivity index (χ0) is 19.5. The quantitative estimate of drug-likeness (QED) is 0.239. The van der Waals surface area contributed by atoms with Crippen LogP contribution in [0.5, 0.6) is 0 Å². The summed E-state index contributed by atoms with van der Waals surface area (Å²) in [5.41, 5.74) is 1.27. The molecule has 2 unspecified atom stereocenters. The van der Waals surface area contributed by atoms with Gasteiger partial charge in [-0.05, 0) is 48.6 Å². The SMILES string of the molecule is CCNC(=NCC(C)c1ccsc1)NCCS(=O)(=O)NCC1CCCCO1.I. The second-order valence-electron chi connectivity index (χ2n) is 6.76. The van der Waals surface area contributed by atoms with Crippen molar-refractivity contribution in [1.29, 1.82) is 0 Å². The van der Waals surface area contributed by atoms with Crippen molar-refractivity contribution in [3.05, 3.63) is 22.4 Å². The van der Waals surface area contributed by atoms with Gasteiger partial charge in [0.25, 0.3) is 0 Å². The highest BCUT2D eigenvalue weighted by atomic mass is 127. The number of nitrogens with one attached hydrogen (secondary N) is 3. The summed E-state index contributed by atoms with van der Waals surface area (Å²) in [5, 5.41) is 10.5. The Balaban J connectivity index is 0.00000392. The first-order chi connectivity index (χ1) is 13.0. The van der Waals surface area contributed by atoms with Gasteiger partial charge in [-0.1, -0.05) is 6.92 Å². The third-order valence-electron chi connectivity index (χ3n) is 4.45. The van der Waals surface area contributed by atoms with Crippen LogP contribution in [0.1, 0.15) is 44.6 Å². The van der Waals surface area contributed by atoms with Gasteiger partial charge in [0, 0.05) is 38.7 Å².